The Morgan fingerprint density at radius 2 is 2.11 bits per heavy atom. The van der Waals surface area contributed by atoms with E-state index in [-0.39, 0.29) is 11.1 Å². The highest BCUT2D eigenvalue weighted by Gasteiger charge is 2.31. The van der Waals surface area contributed by atoms with Crippen LogP contribution in [-0.2, 0) is 7.05 Å². The molecule has 0 spiro atoms. The quantitative estimate of drug-likeness (QED) is 0.790. The Kier molecular flexibility index (Phi) is 3.14. The Hall–Kier alpha value is -1.43. The van der Waals surface area contributed by atoms with Crippen LogP contribution in [0.1, 0.15) is 17.4 Å². The van der Waals surface area contributed by atoms with E-state index in [0.717, 1.165) is 0 Å². The summed E-state index contributed by atoms with van der Waals surface area (Å²) in [6, 6.07) is 4.34. The molecule has 0 N–H and O–H groups in total. The number of oxazole rings is 1. The molecule has 1 aromatic heterocycles. The minimum absolute atomic E-state index is 0.229. The highest BCUT2D eigenvalue weighted by molar-refractivity contribution is 6.20. The fourth-order valence-corrected chi connectivity index (χ4v) is 1.98. The normalized spacial score (nSPS) is 14.1. The lowest BCUT2D eigenvalue weighted by Gasteiger charge is -2.12. The standard InChI is InChI=1S/C11H9ClF3NO2/c1-16-8-3-2-6(4-9(8)18-10(16)17)7(12)5-11(13,14)15/h2-4,7H,5H2,1H3. The molecule has 98 valence electrons. The maximum absolute atomic E-state index is 12.2. The Morgan fingerprint density at radius 1 is 1.44 bits per heavy atom. The van der Waals surface area contributed by atoms with Crippen molar-refractivity contribution in [3.8, 4) is 0 Å². The second-order valence-corrected chi connectivity index (χ2v) is 4.47. The Morgan fingerprint density at radius 3 is 2.72 bits per heavy atom. The smallest absolute Gasteiger partial charge is 0.408 e. The molecule has 0 saturated heterocycles. The number of aromatic nitrogens is 1. The molecule has 1 unspecified atom stereocenters. The third-order valence-corrected chi connectivity index (χ3v) is 2.99. The van der Waals surface area contributed by atoms with E-state index >= 15 is 0 Å². The van der Waals surface area contributed by atoms with Crippen LogP contribution in [-0.4, -0.2) is 10.7 Å². The van der Waals surface area contributed by atoms with E-state index in [2.05, 4.69) is 0 Å². The van der Waals surface area contributed by atoms with Crippen molar-refractivity contribution in [2.45, 2.75) is 18.0 Å². The van der Waals surface area contributed by atoms with Crippen molar-refractivity contribution in [3.05, 3.63) is 34.3 Å². The fourth-order valence-electron chi connectivity index (χ4n) is 1.67. The minimum Gasteiger partial charge on any atom is -0.408 e. The van der Waals surface area contributed by atoms with Gasteiger partial charge in [-0.15, -0.1) is 11.6 Å². The van der Waals surface area contributed by atoms with Gasteiger partial charge in [0, 0.05) is 7.05 Å². The van der Waals surface area contributed by atoms with Crippen molar-refractivity contribution < 1.29 is 17.6 Å². The lowest BCUT2D eigenvalue weighted by molar-refractivity contribution is -0.134. The van der Waals surface area contributed by atoms with Gasteiger partial charge in [0.1, 0.15) is 0 Å². The van der Waals surface area contributed by atoms with Crippen LogP contribution in [0.5, 0.6) is 0 Å². The molecule has 0 bridgehead atoms. The summed E-state index contributed by atoms with van der Waals surface area (Å²) in [5.74, 6) is -0.566. The SMILES string of the molecule is Cn1c(=O)oc2cc(C(Cl)CC(F)(F)F)ccc21. The summed E-state index contributed by atoms with van der Waals surface area (Å²) >= 11 is 5.69. The van der Waals surface area contributed by atoms with Crippen molar-refractivity contribution in [1.29, 1.82) is 0 Å². The molecule has 3 nitrogen and oxygen atoms in total. The zero-order chi connectivity index (χ0) is 13.5. The van der Waals surface area contributed by atoms with Crippen LogP contribution < -0.4 is 5.76 Å². The largest absolute Gasteiger partial charge is 0.419 e. The van der Waals surface area contributed by atoms with Gasteiger partial charge in [-0.25, -0.2) is 4.79 Å². The van der Waals surface area contributed by atoms with Gasteiger partial charge in [0.25, 0.3) is 0 Å². The average Bonchev–Trinajstić information content (AvgIpc) is 2.52. The summed E-state index contributed by atoms with van der Waals surface area (Å²) in [6.45, 7) is 0. The molecule has 0 saturated carbocycles. The van der Waals surface area contributed by atoms with Crippen molar-refractivity contribution in [1.82, 2.24) is 4.57 Å². The van der Waals surface area contributed by atoms with Gasteiger partial charge in [0.05, 0.1) is 17.3 Å². The maximum Gasteiger partial charge on any atom is 0.419 e. The first-order valence-electron chi connectivity index (χ1n) is 5.08. The molecule has 2 aromatic rings. The Bertz CT molecular complexity index is 629. The topological polar surface area (TPSA) is 35.1 Å². The third kappa shape index (κ3) is 2.53. The first kappa shape index (κ1) is 13.0. The molecule has 0 fully saturated rings. The van der Waals surface area contributed by atoms with Crippen LogP contribution in [0.15, 0.2) is 27.4 Å². The van der Waals surface area contributed by atoms with E-state index in [1.54, 1.807) is 0 Å². The fraction of sp³-hybridized carbons (Fsp3) is 0.364. The molecule has 0 aliphatic heterocycles. The van der Waals surface area contributed by atoms with E-state index in [0.29, 0.717) is 5.52 Å². The predicted octanol–water partition coefficient (Wildman–Crippen LogP) is 3.36. The number of rotatable bonds is 2. The van der Waals surface area contributed by atoms with Crippen LogP contribution in [0.25, 0.3) is 11.1 Å². The van der Waals surface area contributed by atoms with Gasteiger partial charge < -0.3 is 4.42 Å². The molecular weight excluding hydrogens is 271 g/mol. The number of hydrogen-bond acceptors (Lipinski definition) is 2. The second kappa shape index (κ2) is 4.35. The summed E-state index contributed by atoms with van der Waals surface area (Å²) in [6.07, 6.45) is -5.46. The maximum atomic E-state index is 12.2. The van der Waals surface area contributed by atoms with E-state index in [9.17, 15) is 18.0 Å². The number of hydrogen-bond donors (Lipinski definition) is 0. The molecule has 1 aromatic carbocycles. The summed E-state index contributed by atoms with van der Waals surface area (Å²) in [7, 11) is 1.52. The molecule has 2 rings (SSSR count). The molecule has 0 amide bonds. The highest BCUT2D eigenvalue weighted by Crippen LogP contribution is 2.34. The van der Waals surface area contributed by atoms with E-state index < -0.39 is 23.7 Å². The van der Waals surface area contributed by atoms with Crippen molar-refractivity contribution in [3.63, 3.8) is 0 Å². The number of aryl methyl sites for hydroxylation is 1. The Balaban J connectivity index is 2.38. The van der Waals surface area contributed by atoms with Crippen LogP contribution in [0.4, 0.5) is 13.2 Å². The Labute approximate surface area is 105 Å². The summed E-state index contributed by atoms with van der Waals surface area (Å²) in [5, 5.41) is -1.19. The van der Waals surface area contributed by atoms with Gasteiger partial charge in [-0.3, -0.25) is 4.57 Å². The molecule has 18 heavy (non-hydrogen) atoms. The number of fused-ring (bicyclic) bond motifs is 1. The van der Waals surface area contributed by atoms with E-state index in [4.69, 9.17) is 16.0 Å². The number of nitrogens with zero attached hydrogens (tertiary/aromatic N) is 1. The number of alkyl halides is 4. The van der Waals surface area contributed by atoms with Crippen LogP contribution in [0.3, 0.4) is 0 Å². The summed E-state index contributed by atoms with van der Waals surface area (Å²) in [5.41, 5.74) is 1.02. The lowest BCUT2D eigenvalue weighted by atomic mass is 10.1. The van der Waals surface area contributed by atoms with Gasteiger partial charge in [-0.1, -0.05) is 6.07 Å². The number of halogens is 4. The average molecular weight is 280 g/mol. The first-order chi connectivity index (χ1) is 8.28. The zero-order valence-electron chi connectivity index (χ0n) is 9.29. The molecule has 1 atom stereocenters. The molecule has 0 aliphatic rings. The van der Waals surface area contributed by atoms with Crippen LogP contribution in [0.2, 0.25) is 0 Å². The van der Waals surface area contributed by atoms with Gasteiger partial charge >= 0.3 is 11.9 Å². The van der Waals surface area contributed by atoms with Crippen molar-refractivity contribution in [2.24, 2.45) is 7.05 Å². The van der Waals surface area contributed by atoms with Crippen LogP contribution >= 0.6 is 11.6 Å². The summed E-state index contributed by atoms with van der Waals surface area (Å²) < 4.78 is 42.8. The highest BCUT2D eigenvalue weighted by atomic mass is 35.5. The number of benzene rings is 1. The second-order valence-electron chi connectivity index (χ2n) is 3.94. The minimum atomic E-state index is -4.33. The lowest BCUT2D eigenvalue weighted by Crippen LogP contribution is -2.10. The van der Waals surface area contributed by atoms with Gasteiger partial charge in [-0.05, 0) is 17.7 Å². The molecule has 1 heterocycles. The predicted molar refractivity (Wildman–Crippen MR) is 60.7 cm³/mol. The van der Waals surface area contributed by atoms with Gasteiger partial charge in [0.15, 0.2) is 5.58 Å². The molecule has 0 aliphatic carbocycles. The van der Waals surface area contributed by atoms with Crippen LogP contribution in [0, 0.1) is 0 Å². The zero-order valence-corrected chi connectivity index (χ0v) is 10.0. The monoisotopic (exact) mass is 279 g/mol. The molecule has 7 heteroatoms. The molecule has 0 radical (unpaired) electrons. The van der Waals surface area contributed by atoms with E-state index in [1.165, 1.54) is 29.8 Å². The van der Waals surface area contributed by atoms with Crippen molar-refractivity contribution in [2.75, 3.05) is 0 Å². The van der Waals surface area contributed by atoms with Gasteiger partial charge in [0.2, 0.25) is 0 Å². The van der Waals surface area contributed by atoms with Crippen molar-refractivity contribution >= 4 is 22.7 Å². The molecular formula is C11H9ClF3NO2. The van der Waals surface area contributed by atoms with Gasteiger partial charge in [-0.2, -0.15) is 13.2 Å². The first-order valence-corrected chi connectivity index (χ1v) is 5.52. The third-order valence-electron chi connectivity index (χ3n) is 2.59. The van der Waals surface area contributed by atoms with E-state index in [1.807, 2.05) is 0 Å². The summed E-state index contributed by atoms with van der Waals surface area (Å²) in [4.78, 5) is 11.2.